The van der Waals surface area contributed by atoms with Gasteiger partial charge >= 0.3 is 0 Å². The monoisotopic (exact) mass is 450 g/mol. The van der Waals surface area contributed by atoms with E-state index < -0.39 is 0 Å². The second-order valence-electron chi connectivity index (χ2n) is 7.43. The molecule has 3 heterocycles. The van der Waals surface area contributed by atoms with Crippen LogP contribution in [0.25, 0.3) is 0 Å². The summed E-state index contributed by atoms with van der Waals surface area (Å²) in [7, 11) is 0. The number of rotatable bonds is 8. The predicted molar refractivity (Wildman–Crippen MR) is 121 cm³/mol. The molecule has 0 atom stereocenters. The van der Waals surface area contributed by atoms with Crippen LogP contribution in [0.2, 0.25) is 0 Å². The van der Waals surface area contributed by atoms with E-state index in [1.165, 1.54) is 16.2 Å². The zero-order chi connectivity index (χ0) is 22.7. The van der Waals surface area contributed by atoms with Crippen molar-refractivity contribution in [3.63, 3.8) is 0 Å². The zero-order valence-corrected chi connectivity index (χ0v) is 18.5. The zero-order valence-electron chi connectivity index (χ0n) is 17.7. The minimum absolute atomic E-state index is 0.125. The van der Waals surface area contributed by atoms with Gasteiger partial charge in [-0.05, 0) is 38.5 Å². The van der Waals surface area contributed by atoms with Crippen LogP contribution < -0.4 is 10.6 Å². The summed E-state index contributed by atoms with van der Waals surface area (Å²) in [6.45, 7) is 4.51. The number of carbonyl (C=O) groups is 3. The van der Waals surface area contributed by atoms with Crippen molar-refractivity contribution < 1.29 is 14.4 Å². The highest BCUT2D eigenvalue weighted by atomic mass is 32.1. The van der Waals surface area contributed by atoms with E-state index in [1.54, 1.807) is 30.5 Å². The van der Waals surface area contributed by atoms with Gasteiger partial charge in [-0.25, -0.2) is 15.0 Å². The van der Waals surface area contributed by atoms with Gasteiger partial charge in [0, 0.05) is 35.4 Å². The molecule has 0 unspecified atom stereocenters. The van der Waals surface area contributed by atoms with Gasteiger partial charge < -0.3 is 10.6 Å². The molecule has 2 N–H and O–H groups in total. The van der Waals surface area contributed by atoms with Gasteiger partial charge in [-0.2, -0.15) is 0 Å². The first-order chi connectivity index (χ1) is 15.4. The predicted octanol–water partition coefficient (Wildman–Crippen LogP) is 3.18. The molecule has 164 valence electrons. The normalized spacial score (nSPS) is 12.8. The lowest BCUT2D eigenvalue weighted by Crippen LogP contribution is -2.28. The maximum atomic E-state index is 12.5. The number of anilines is 2. The summed E-state index contributed by atoms with van der Waals surface area (Å²) in [5, 5.41) is 6.32. The molecule has 3 aromatic rings. The van der Waals surface area contributed by atoms with Crippen LogP contribution in [-0.2, 0) is 11.3 Å². The average molecular weight is 451 g/mol. The van der Waals surface area contributed by atoms with E-state index in [9.17, 15) is 14.4 Å². The number of thiazole rings is 1. The summed E-state index contributed by atoms with van der Waals surface area (Å²) in [5.74, 6) is -0.231. The Morgan fingerprint density at radius 2 is 1.72 bits per heavy atom. The second-order valence-corrected chi connectivity index (χ2v) is 8.54. The molecule has 0 spiro atoms. The van der Waals surface area contributed by atoms with E-state index in [1.807, 2.05) is 19.9 Å². The Labute approximate surface area is 188 Å². The highest BCUT2D eigenvalue weighted by Gasteiger charge is 2.35. The molecule has 32 heavy (non-hydrogen) atoms. The van der Waals surface area contributed by atoms with Gasteiger partial charge in [0.2, 0.25) is 11.9 Å². The number of imide groups is 1. The molecule has 0 radical (unpaired) electrons. The van der Waals surface area contributed by atoms with Gasteiger partial charge in [-0.15, -0.1) is 0 Å². The van der Waals surface area contributed by atoms with Crippen molar-refractivity contribution in [3.05, 3.63) is 63.9 Å². The Hall–Kier alpha value is -3.66. The summed E-state index contributed by atoms with van der Waals surface area (Å²) in [6, 6.07) is 8.66. The van der Waals surface area contributed by atoms with E-state index in [0.717, 1.165) is 11.4 Å². The molecule has 0 fully saturated rings. The highest BCUT2D eigenvalue weighted by molar-refractivity contribution is 7.15. The molecule has 0 bridgehead atoms. The Morgan fingerprint density at radius 1 is 1.06 bits per heavy atom. The average Bonchev–Trinajstić information content (AvgIpc) is 3.29. The Bertz CT molecular complexity index is 1140. The first-order valence-electron chi connectivity index (χ1n) is 10.2. The number of amides is 3. The largest absolute Gasteiger partial charge is 0.354 e. The summed E-state index contributed by atoms with van der Waals surface area (Å²) in [4.78, 5) is 51.9. The minimum Gasteiger partial charge on any atom is -0.354 e. The fourth-order valence-electron chi connectivity index (χ4n) is 3.41. The minimum atomic E-state index is -0.315. The van der Waals surface area contributed by atoms with Crippen molar-refractivity contribution >= 4 is 40.1 Å². The number of hydrogen-bond acceptors (Lipinski definition) is 8. The molecule has 1 aromatic carbocycles. The highest BCUT2D eigenvalue weighted by Crippen LogP contribution is 2.27. The molecular formula is C22H22N6O3S. The molecule has 10 heteroatoms. The maximum Gasteiger partial charge on any atom is 0.261 e. The maximum absolute atomic E-state index is 12.5. The van der Waals surface area contributed by atoms with Crippen LogP contribution in [0.4, 0.5) is 11.1 Å². The lowest BCUT2D eigenvalue weighted by Gasteiger charge is -2.11. The van der Waals surface area contributed by atoms with Gasteiger partial charge in [0.25, 0.3) is 11.8 Å². The Kier molecular flexibility index (Phi) is 6.22. The van der Waals surface area contributed by atoms with Gasteiger partial charge in [-0.1, -0.05) is 23.5 Å². The van der Waals surface area contributed by atoms with Crippen LogP contribution in [-0.4, -0.2) is 44.1 Å². The molecule has 0 saturated carbocycles. The molecular weight excluding hydrogens is 428 g/mol. The summed E-state index contributed by atoms with van der Waals surface area (Å²) < 4.78 is 0. The third-order valence-corrected chi connectivity index (χ3v) is 5.74. The molecule has 9 nitrogen and oxygen atoms in total. The standard InChI is InChI=1S/C22H22N6O3S/c1-13-10-14(2)26-21(25-13)23-9-5-8-18(29)27-22-24-11-15(32-22)12-28-19(30)16-6-3-4-7-17(16)20(28)31/h3-4,6-7,10-11H,5,8-9,12H2,1-2H3,(H,23,25,26)(H,24,27,29). The lowest BCUT2D eigenvalue weighted by molar-refractivity contribution is -0.116. The molecule has 4 rings (SSSR count). The first kappa shape index (κ1) is 21.6. The summed E-state index contributed by atoms with van der Waals surface area (Å²) >= 11 is 1.25. The van der Waals surface area contributed by atoms with E-state index >= 15 is 0 Å². The second kappa shape index (κ2) is 9.23. The smallest absolute Gasteiger partial charge is 0.261 e. The lowest BCUT2D eigenvalue weighted by atomic mass is 10.1. The van der Waals surface area contributed by atoms with Gasteiger partial charge in [-0.3, -0.25) is 19.3 Å². The van der Waals surface area contributed by atoms with E-state index in [2.05, 4.69) is 25.6 Å². The SMILES string of the molecule is Cc1cc(C)nc(NCCCC(=O)Nc2ncc(CN3C(=O)c4ccccc4C3=O)s2)n1. The number of benzene rings is 1. The van der Waals surface area contributed by atoms with Gasteiger partial charge in [0.05, 0.1) is 17.7 Å². The van der Waals surface area contributed by atoms with Gasteiger partial charge in [0.15, 0.2) is 5.13 Å². The molecule has 1 aliphatic heterocycles. The van der Waals surface area contributed by atoms with Crippen LogP contribution in [0.15, 0.2) is 36.5 Å². The van der Waals surface area contributed by atoms with Crippen LogP contribution in [0.5, 0.6) is 0 Å². The fourth-order valence-corrected chi connectivity index (χ4v) is 4.23. The molecule has 2 aromatic heterocycles. The van der Waals surface area contributed by atoms with Crippen molar-refractivity contribution in [2.75, 3.05) is 17.2 Å². The van der Waals surface area contributed by atoms with E-state index in [-0.39, 0.29) is 24.3 Å². The summed E-state index contributed by atoms with van der Waals surface area (Å²) in [5.41, 5.74) is 2.60. The molecule has 1 aliphatic rings. The molecule has 3 amide bonds. The van der Waals surface area contributed by atoms with E-state index in [4.69, 9.17) is 0 Å². The van der Waals surface area contributed by atoms with Crippen molar-refractivity contribution in [1.82, 2.24) is 19.9 Å². The fraction of sp³-hybridized carbons (Fsp3) is 0.273. The van der Waals surface area contributed by atoms with Crippen molar-refractivity contribution in [2.24, 2.45) is 0 Å². The number of fused-ring (bicyclic) bond motifs is 1. The third kappa shape index (κ3) is 4.80. The Balaban J connectivity index is 1.25. The van der Waals surface area contributed by atoms with E-state index in [0.29, 0.717) is 46.5 Å². The number of hydrogen-bond donors (Lipinski definition) is 2. The quantitative estimate of drug-likeness (QED) is 0.400. The number of aromatic nitrogens is 3. The number of nitrogens with zero attached hydrogens (tertiary/aromatic N) is 4. The number of aryl methyl sites for hydroxylation is 2. The molecule has 0 saturated heterocycles. The van der Waals surface area contributed by atoms with Crippen LogP contribution in [0.3, 0.4) is 0 Å². The van der Waals surface area contributed by atoms with Gasteiger partial charge in [0.1, 0.15) is 0 Å². The van der Waals surface area contributed by atoms with Crippen LogP contribution in [0, 0.1) is 13.8 Å². The van der Waals surface area contributed by atoms with Crippen LogP contribution in [0.1, 0.15) is 49.8 Å². The third-order valence-electron chi connectivity index (χ3n) is 4.84. The van der Waals surface area contributed by atoms with Crippen LogP contribution >= 0.6 is 11.3 Å². The summed E-state index contributed by atoms with van der Waals surface area (Å²) in [6.07, 6.45) is 2.49. The van der Waals surface area contributed by atoms with Crippen molar-refractivity contribution in [1.29, 1.82) is 0 Å². The number of nitrogens with one attached hydrogen (secondary N) is 2. The van der Waals surface area contributed by atoms with Crippen molar-refractivity contribution in [2.45, 2.75) is 33.2 Å². The van der Waals surface area contributed by atoms with Crippen molar-refractivity contribution in [3.8, 4) is 0 Å². The molecule has 0 aliphatic carbocycles. The number of carbonyl (C=O) groups excluding carboxylic acids is 3. The topological polar surface area (TPSA) is 117 Å². The first-order valence-corrected chi connectivity index (χ1v) is 11.0. The Morgan fingerprint density at radius 3 is 2.38 bits per heavy atom.